The van der Waals surface area contributed by atoms with Crippen molar-refractivity contribution in [2.45, 2.75) is 0 Å². The van der Waals surface area contributed by atoms with Gasteiger partial charge in [0.25, 0.3) is 0 Å². The number of benzene rings is 3. The fourth-order valence-corrected chi connectivity index (χ4v) is 3.68. The van der Waals surface area contributed by atoms with Crippen molar-refractivity contribution in [3.63, 3.8) is 0 Å². The fraction of sp³-hybridized carbons (Fsp3) is 0. The molecule has 0 radical (unpaired) electrons. The summed E-state index contributed by atoms with van der Waals surface area (Å²) in [4.78, 5) is 2.99. The van der Waals surface area contributed by atoms with Gasteiger partial charge < -0.3 is 4.98 Å². The Morgan fingerprint density at radius 3 is 2.70 bits per heavy atom. The molecule has 5 rings (SSSR count). The molecular formula is C18H11NS. The zero-order valence-electron chi connectivity index (χ0n) is 16.2. The molecular weight excluding hydrogens is 262 g/mol. The third kappa shape index (κ3) is 1.27. The van der Waals surface area contributed by atoms with Crippen LogP contribution in [0.25, 0.3) is 42.0 Å². The Balaban J connectivity index is 2.15. The number of para-hydroxylation sites is 1. The van der Waals surface area contributed by atoms with Crippen molar-refractivity contribution in [3.05, 3.63) is 60.5 Å². The first-order valence-electron chi connectivity index (χ1n) is 9.24. The summed E-state index contributed by atoms with van der Waals surface area (Å²) in [6.07, 6.45) is 0. The van der Waals surface area contributed by atoms with Crippen LogP contribution in [-0.2, 0) is 0 Å². The van der Waals surface area contributed by atoms with E-state index >= 15 is 0 Å². The van der Waals surface area contributed by atoms with Crippen LogP contribution in [0, 0.1) is 0 Å². The number of hydrogen-bond donors (Lipinski definition) is 1. The van der Waals surface area contributed by atoms with E-state index in [2.05, 4.69) is 4.98 Å². The first kappa shape index (κ1) is 6.42. The maximum absolute atomic E-state index is 8.77. The molecule has 0 atom stereocenters. The van der Waals surface area contributed by atoms with Crippen LogP contribution in [0.15, 0.2) is 60.5 Å². The molecule has 1 nitrogen and oxygen atoms in total. The molecule has 5 aromatic rings. The van der Waals surface area contributed by atoms with Crippen molar-refractivity contribution in [1.29, 1.82) is 0 Å². The molecule has 94 valence electrons. The summed E-state index contributed by atoms with van der Waals surface area (Å²) in [5.74, 6) is 0. The van der Waals surface area contributed by atoms with E-state index in [1.54, 1.807) is 0 Å². The highest BCUT2D eigenvalue weighted by atomic mass is 32.1. The summed E-state index contributed by atoms with van der Waals surface area (Å²) >= 11 is 1.45. The smallest absolute Gasteiger partial charge is 0.0660 e. The average molecular weight is 279 g/mol. The lowest BCUT2D eigenvalue weighted by molar-refractivity contribution is 1.56. The SMILES string of the molecule is [2H]c1c([2H])c([2H])c2c([nH]c3c([2H])c4sc5ccccc5c4c([2H])c32)c1[2H]. The first-order chi connectivity index (χ1) is 12.4. The van der Waals surface area contributed by atoms with E-state index in [0.29, 0.717) is 21.0 Å². The highest BCUT2D eigenvalue weighted by Crippen LogP contribution is 2.37. The Hall–Kier alpha value is -2.32. The molecule has 3 aromatic carbocycles. The van der Waals surface area contributed by atoms with Gasteiger partial charge in [0.2, 0.25) is 0 Å². The van der Waals surface area contributed by atoms with Gasteiger partial charge in [-0.3, -0.25) is 0 Å². The maximum atomic E-state index is 8.77. The zero-order chi connectivity index (χ0) is 18.3. The molecule has 20 heavy (non-hydrogen) atoms. The molecule has 0 bridgehead atoms. The molecule has 0 aliphatic rings. The van der Waals surface area contributed by atoms with E-state index in [4.69, 9.17) is 8.22 Å². The van der Waals surface area contributed by atoms with Gasteiger partial charge in [0.15, 0.2) is 0 Å². The number of thiophene rings is 1. The number of nitrogens with one attached hydrogen (secondary N) is 1. The van der Waals surface area contributed by atoms with Crippen LogP contribution < -0.4 is 0 Å². The normalized spacial score (nSPS) is 16.2. The minimum Gasteiger partial charge on any atom is -0.354 e. The number of H-pyrrole nitrogens is 1. The molecule has 0 spiro atoms. The Kier molecular flexibility index (Phi) is 1.16. The van der Waals surface area contributed by atoms with Crippen LogP contribution in [-0.4, -0.2) is 4.98 Å². The Morgan fingerprint density at radius 2 is 1.70 bits per heavy atom. The fourth-order valence-electron chi connectivity index (χ4n) is 2.62. The van der Waals surface area contributed by atoms with Crippen LogP contribution in [0.1, 0.15) is 8.22 Å². The number of fused-ring (bicyclic) bond motifs is 6. The Morgan fingerprint density at radius 1 is 0.800 bits per heavy atom. The van der Waals surface area contributed by atoms with Crippen LogP contribution in [0.4, 0.5) is 0 Å². The third-order valence-corrected chi connectivity index (χ3v) is 4.61. The highest BCUT2D eigenvalue weighted by Gasteiger charge is 2.09. The predicted octanol–water partition coefficient (Wildman–Crippen LogP) is 5.69. The largest absolute Gasteiger partial charge is 0.354 e. The molecule has 0 aliphatic heterocycles. The van der Waals surface area contributed by atoms with Gasteiger partial charge in [0.05, 0.1) is 8.22 Å². The summed E-state index contributed by atoms with van der Waals surface area (Å²) < 4.78 is 51.3. The van der Waals surface area contributed by atoms with Gasteiger partial charge in [0.1, 0.15) is 0 Å². The minimum absolute atomic E-state index is 0.177. The molecule has 0 amide bonds. The number of rotatable bonds is 0. The van der Waals surface area contributed by atoms with Crippen LogP contribution in [0.3, 0.4) is 0 Å². The van der Waals surface area contributed by atoms with Crippen LogP contribution in [0.5, 0.6) is 0 Å². The second-order valence-corrected chi connectivity index (χ2v) is 5.73. The maximum Gasteiger partial charge on any atom is 0.0660 e. The molecule has 0 unspecified atom stereocenters. The van der Waals surface area contributed by atoms with Gasteiger partial charge >= 0.3 is 0 Å². The molecule has 2 heterocycles. The third-order valence-electron chi connectivity index (χ3n) is 3.52. The van der Waals surface area contributed by atoms with E-state index in [0.717, 1.165) is 10.1 Å². The summed E-state index contributed by atoms with van der Waals surface area (Å²) in [6.45, 7) is 0. The summed E-state index contributed by atoms with van der Waals surface area (Å²) in [7, 11) is 0. The van der Waals surface area contributed by atoms with Gasteiger partial charge in [-0.15, -0.1) is 11.3 Å². The first-order valence-corrected chi connectivity index (χ1v) is 7.05. The average Bonchev–Trinajstić information content (AvgIpc) is 3.22. The topological polar surface area (TPSA) is 15.8 Å². The molecule has 2 aromatic heterocycles. The Labute approximate surface area is 127 Å². The van der Waals surface area contributed by atoms with Crippen molar-refractivity contribution >= 4 is 53.3 Å². The highest BCUT2D eigenvalue weighted by molar-refractivity contribution is 7.25. The molecule has 0 fully saturated rings. The van der Waals surface area contributed by atoms with E-state index in [1.807, 2.05) is 24.3 Å². The lowest BCUT2D eigenvalue weighted by Crippen LogP contribution is -1.69. The molecule has 0 saturated carbocycles. The van der Waals surface area contributed by atoms with Crippen molar-refractivity contribution in [1.82, 2.24) is 4.98 Å². The Bertz CT molecular complexity index is 1400. The summed E-state index contributed by atoms with van der Waals surface area (Å²) in [5, 5.41) is 2.22. The molecule has 0 aliphatic carbocycles. The second kappa shape index (κ2) is 3.62. The van der Waals surface area contributed by atoms with Crippen LogP contribution in [0.2, 0.25) is 0 Å². The molecule has 1 N–H and O–H groups in total. The molecule has 0 saturated heterocycles. The summed E-state index contributed by atoms with van der Waals surface area (Å²) in [6, 6.07) is 7.09. The van der Waals surface area contributed by atoms with E-state index in [1.165, 1.54) is 11.3 Å². The minimum atomic E-state index is -0.329. The van der Waals surface area contributed by atoms with Crippen LogP contribution >= 0.6 is 11.3 Å². The molecule has 2 heteroatoms. The van der Waals surface area contributed by atoms with Crippen molar-refractivity contribution in [2.75, 3.05) is 0 Å². The number of hydrogen-bond acceptors (Lipinski definition) is 1. The lowest BCUT2D eigenvalue weighted by Gasteiger charge is -1.94. The standard InChI is InChI=1S/C18H11NS/c1-3-7-15-11(5-1)13-9-14-12-6-2-4-8-17(12)20-18(14)10-16(13)19-15/h1-10,19H/i1D,3D,5D,7D,9D,10D. The van der Waals surface area contributed by atoms with Gasteiger partial charge in [-0.25, -0.2) is 0 Å². The number of aromatic nitrogens is 1. The van der Waals surface area contributed by atoms with Gasteiger partial charge in [-0.1, -0.05) is 36.3 Å². The van der Waals surface area contributed by atoms with Gasteiger partial charge in [-0.2, -0.15) is 0 Å². The van der Waals surface area contributed by atoms with E-state index < -0.39 is 0 Å². The lowest BCUT2D eigenvalue weighted by atomic mass is 10.1. The van der Waals surface area contributed by atoms with Crippen molar-refractivity contribution in [3.8, 4) is 0 Å². The van der Waals surface area contributed by atoms with Gasteiger partial charge in [0, 0.05) is 42.0 Å². The number of aromatic amines is 1. The quantitative estimate of drug-likeness (QED) is 0.375. The van der Waals surface area contributed by atoms with Crippen molar-refractivity contribution < 1.29 is 8.22 Å². The van der Waals surface area contributed by atoms with E-state index in [-0.39, 0.29) is 47.2 Å². The predicted molar refractivity (Wildman–Crippen MR) is 88.7 cm³/mol. The van der Waals surface area contributed by atoms with E-state index in [9.17, 15) is 0 Å². The zero-order valence-corrected chi connectivity index (χ0v) is 11.0. The monoisotopic (exact) mass is 279 g/mol. The van der Waals surface area contributed by atoms with Crippen molar-refractivity contribution in [2.24, 2.45) is 0 Å². The van der Waals surface area contributed by atoms with Gasteiger partial charge in [-0.05, 0) is 24.2 Å². The summed E-state index contributed by atoms with van der Waals surface area (Å²) in [5.41, 5.74) is 0.631. The second-order valence-electron chi connectivity index (χ2n) is 4.68.